The number of carbonyl (C=O) groups is 1. The van der Waals surface area contributed by atoms with Crippen LogP contribution in [0.15, 0.2) is 24.3 Å². The molecule has 0 aliphatic carbocycles. The van der Waals surface area contributed by atoms with Crippen molar-refractivity contribution in [2.24, 2.45) is 5.92 Å². The second-order valence-corrected chi connectivity index (χ2v) is 5.07. The predicted molar refractivity (Wildman–Crippen MR) is 74.5 cm³/mol. The third-order valence-corrected chi connectivity index (χ3v) is 2.90. The van der Waals surface area contributed by atoms with Crippen molar-refractivity contribution in [3.63, 3.8) is 0 Å². The minimum absolute atomic E-state index is 0.000648. The topological polar surface area (TPSA) is 62.1 Å². The molecule has 0 unspecified atom stereocenters. The van der Waals surface area contributed by atoms with Gasteiger partial charge in [-0.1, -0.05) is 26.0 Å². The van der Waals surface area contributed by atoms with Crippen molar-refractivity contribution in [3.8, 4) is 0 Å². The number of rotatable bonds is 3. The molecule has 0 fully saturated rings. The van der Waals surface area contributed by atoms with Gasteiger partial charge in [0, 0.05) is 19.0 Å². The molecular formula is C14H19N3O. The molecule has 2 rings (SSSR count). The average molecular weight is 245 g/mol. The van der Waals surface area contributed by atoms with Crippen LogP contribution in [-0.4, -0.2) is 29.4 Å². The molecule has 2 aromatic rings. The number of carbonyl (C=O) groups excluding carboxylic acids is 1. The van der Waals surface area contributed by atoms with Crippen molar-refractivity contribution >= 4 is 22.5 Å². The van der Waals surface area contributed by atoms with Crippen LogP contribution in [-0.2, 0) is 0 Å². The van der Waals surface area contributed by atoms with Crippen molar-refractivity contribution in [1.82, 2.24) is 9.88 Å². The average Bonchev–Trinajstić information content (AvgIpc) is 2.72. The molecule has 1 aromatic carbocycles. The van der Waals surface area contributed by atoms with Gasteiger partial charge in [0.05, 0.1) is 11.2 Å². The first-order chi connectivity index (χ1) is 8.49. The molecule has 0 saturated carbocycles. The summed E-state index contributed by atoms with van der Waals surface area (Å²) < 4.78 is 0. The van der Waals surface area contributed by atoms with Crippen LogP contribution in [0.3, 0.4) is 0 Å². The van der Waals surface area contributed by atoms with Crippen molar-refractivity contribution in [2.75, 3.05) is 19.3 Å². The van der Waals surface area contributed by atoms with E-state index in [2.05, 4.69) is 18.8 Å². The Hall–Kier alpha value is -1.97. The van der Waals surface area contributed by atoms with Crippen LogP contribution in [0.25, 0.3) is 10.9 Å². The Morgan fingerprint density at radius 3 is 2.78 bits per heavy atom. The highest BCUT2D eigenvalue weighted by atomic mass is 16.2. The molecule has 4 nitrogen and oxygen atoms in total. The molecule has 96 valence electrons. The number of anilines is 1. The van der Waals surface area contributed by atoms with E-state index in [9.17, 15) is 4.79 Å². The fourth-order valence-corrected chi connectivity index (χ4v) is 2.13. The van der Waals surface area contributed by atoms with Gasteiger partial charge < -0.3 is 15.6 Å². The second kappa shape index (κ2) is 4.72. The van der Waals surface area contributed by atoms with Crippen molar-refractivity contribution in [1.29, 1.82) is 0 Å². The summed E-state index contributed by atoms with van der Waals surface area (Å²) in [6, 6.07) is 7.51. The van der Waals surface area contributed by atoms with E-state index >= 15 is 0 Å². The highest BCUT2D eigenvalue weighted by Crippen LogP contribution is 2.21. The Morgan fingerprint density at radius 2 is 2.17 bits per heavy atom. The Balaban J connectivity index is 2.31. The second-order valence-electron chi connectivity index (χ2n) is 5.07. The molecule has 1 aromatic heterocycles. The van der Waals surface area contributed by atoms with Gasteiger partial charge in [-0.15, -0.1) is 0 Å². The van der Waals surface area contributed by atoms with Crippen LogP contribution in [0, 0.1) is 5.92 Å². The van der Waals surface area contributed by atoms with Gasteiger partial charge in [0.1, 0.15) is 5.69 Å². The normalized spacial score (nSPS) is 11.1. The maximum Gasteiger partial charge on any atom is 0.270 e. The molecule has 0 aliphatic rings. The lowest BCUT2D eigenvalue weighted by molar-refractivity contribution is 0.0774. The molecule has 0 saturated heterocycles. The Labute approximate surface area is 107 Å². The number of hydrogen-bond acceptors (Lipinski definition) is 2. The first-order valence-corrected chi connectivity index (χ1v) is 6.11. The highest BCUT2D eigenvalue weighted by Gasteiger charge is 2.15. The number of aromatic amines is 1. The Kier molecular flexibility index (Phi) is 3.28. The number of nitrogens with one attached hydrogen (secondary N) is 1. The van der Waals surface area contributed by atoms with Gasteiger partial charge >= 0.3 is 0 Å². The number of benzene rings is 1. The lowest BCUT2D eigenvalue weighted by atomic mass is 10.2. The maximum atomic E-state index is 12.2. The third kappa shape index (κ3) is 2.32. The van der Waals surface area contributed by atoms with Crippen LogP contribution in [0.4, 0.5) is 5.69 Å². The number of H-pyrrole nitrogens is 1. The lowest BCUT2D eigenvalue weighted by Crippen LogP contribution is -2.30. The van der Waals surface area contributed by atoms with E-state index in [1.54, 1.807) is 4.90 Å². The first kappa shape index (κ1) is 12.5. The molecule has 18 heavy (non-hydrogen) atoms. The lowest BCUT2D eigenvalue weighted by Gasteiger charge is -2.18. The van der Waals surface area contributed by atoms with Gasteiger partial charge in [-0.2, -0.15) is 0 Å². The number of nitrogen functional groups attached to an aromatic ring is 1. The van der Waals surface area contributed by atoms with E-state index in [0.717, 1.165) is 17.4 Å². The summed E-state index contributed by atoms with van der Waals surface area (Å²) in [6.07, 6.45) is 0. The van der Waals surface area contributed by atoms with Crippen LogP contribution >= 0.6 is 0 Å². The number of nitrogens with zero attached hydrogens (tertiary/aromatic N) is 1. The molecule has 1 heterocycles. The summed E-state index contributed by atoms with van der Waals surface area (Å²) in [5.41, 5.74) is 7.96. The minimum atomic E-state index is -0.000648. The zero-order valence-corrected chi connectivity index (χ0v) is 11.0. The van der Waals surface area contributed by atoms with E-state index in [1.807, 2.05) is 31.3 Å². The van der Waals surface area contributed by atoms with Gasteiger partial charge in [-0.25, -0.2) is 0 Å². The van der Waals surface area contributed by atoms with E-state index in [1.165, 1.54) is 0 Å². The fourth-order valence-electron chi connectivity index (χ4n) is 2.13. The van der Waals surface area contributed by atoms with Gasteiger partial charge in [-0.3, -0.25) is 4.79 Å². The Morgan fingerprint density at radius 1 is 1.44 bits per heavy atom. The summed E-state index contributed by atoms with van der Waals surface area (Å²) >= 11 is 0. The van der Waals surface area contributed by atoms with E-state index in [-0.39, 0.29) is 5.91 Å². The quantitative estimate of drug-likeness (QED) is 0.816. The zero-order chi connectivity index (χ0) is 13.3. The summed E-state index contributed by atoms with van der Waals surface area (Å²) in [5, 5.41) is 0.969. The third-order valence-electron chi connectivity index (χ3n) is 2.90. The summed E-state index contributed by atoms with van der Waals surface area (Å²) in [6.45, 7) is 4.92. The molecule has 0 spiro atoms. The summed E-state index contributed by atoms with van der Waals surface area (Å²) in [5.74, 6) is 0.452. The van der Waals surface area contributed by atoms with E-state index in [4.69, 9.17) is 5.73 Å². The Bertz CT molecular complexity index is 571. The molecule has 4 heteroatoms. The first-order valence-electron chi connectivity index (χ1n) is 6.11. The van der Waals surface area contributed by atoms with E-state index in [0.29, 0.717) is 17.3 Å². The monoisotopic (exact) mass is 245 g/mol. The van der Waals surface area contributed by atoms with E-state index < -0.39 is 0 Å². The molecule has 0 atom stereocenters. The number of para-hydroxylation sites is 1. The van der Waals surface area contributed by atoms with Gasteiger partial charge in [-0.05, 0) is 18.1 Å². The van der Waals surface area contributed by atoms with Gasteiger partial charge in [0.2, 0.25) is 0 Å². The van der Waals surface area contributed by atoms with Gasteiger partial charge in [0.25, 0.3) is 5.91 Å². The van der Waals surface area contributed by atoms with Crippen molar-refractivity contribution < 1.29 is 4.79 Å². The number of hydrogen-bond donors (Lipinski definition) is 2. The highest BCUT2D eigenvalue weighted by molar-refractivity contribution is 6.00. The summed E-state index contributed by atoms with van der Waals surface area (Å²) in [7, 11) is 1.82. The van der Waals surface area contributed by atoms with Crippen LogP contribution in [0.1, 0.15) is 24.3 Å². The number of nitrogens with two attached hydrogens (primary N) is 1. The van der Waals surface area contributed by atoms with Crippen LogP contribution < -0.4 is 5.73 Å². The maximum absolute atomic E-state index is 12.2. The zero-order valence-electron chi connectivity index (χ0n) is 11.0. The largest absolute Gasteiger partial charge is 0.397 e. The smallest absolute Gasteiger partial charge is 0.270 e. The predicted octanol–water partition coefficient (Wildman–Crippen LogP) is 2.48. The van der Waals surface area contributed by atoms with Crippen LogP contribution in [0.5, 0.6) is 0 Å². The van der Waals surface area contributed by atoms with Crippen molar-refractivity contribution in [3.05, 3.63) is 30.0 Å². The van der Waals surface area contributed by atoms with Crippen LogP contribution in [0.2, 0.25) is 0 Å². The summed E-state index contributed by atoms with van der Waals surface area (Å²) in [4.78, 5) is 17.0. The molecular weight excluding hydrogens is 226 g/mol. The molecule has 0 aliphatic heterocycles. The minimum Gasteiger partial charge on any atom is -0.397 e. The molecule has 0 bridgehead atoms. The standard InChI is InChI=1S/C14H19N3O/c1-9(2)8-17(3)14(18)12-7-10-5-4-6-11(15)13(10)16-12/h4-7,9,16H,8,15H2,1-3H3. The SMILES string of the molecule is CC(C)CN(C)C(=O)c1cc2cccc(N)c2[nH]1. The number of amides is 1. The van der Waals surface area contributed by atoms with Gasteiger partial charge in [0.15, 0.2) is 0 Å². The number of fused-ring (bicyclic) bond motifs is 1. The number of aromatic nitrogens is 1. The molecule has 1 amide bonds. The van der Waals surface area contributed by atoms with Crippen molar-refractivity contribution in [2.45, 2.75) is 13.8 Å². The molecule has 3 N–H and O–H groups in total. The fraction of sp³-hybridized carbons (Fsp3) is 0.357. The molecule has 0 radical (unpaired) electrons.